The van der Waals surface area contributed by atoms with E-state index in [1.165, 1.54) is 6.92 Å². The molecule has 2 N–H and O–H groups in total. The van der Waals surface area contributed by atoms with Crippen molar-refractivity contribution in [1.82, 2.24) is 19.5 Å². The Labute approximate surface area is 181 Å². The van der Waals surface area contributed by atoms with E-state index in [9.17, 15) is 22.8 Å². The fraction of sp³-hybridized carbons (Fsp3) is 0.529. The number of aromatic nitrogens is 4. The minimum absolute atomic E-state index is 0.0187. The quantitative estimate of drug-likeness (QED) is 0.404. The third kappa shape index (κ3) is 4.62. The van der Waals surface area contributed by atoms with E-state index in [0.717, 1.165) is 31.0 Å². The van der Waals surface area contributed by atoms with Crippen molar-refractivity contribution in [3.05, 3.63) is 6.33 Å². The molecule has 1 fully saturated rings. The Morgan fingerprint density at radius 2 is 1.72 bits per heavy atom. The number of fused-ring (bicyclic) bond motifs is 1. The lowest BCUT2D eigenvalue weighted by atomic mass is 10.1. The van der Waals surface area contributed by atoms with Gasteiger partial charge in [0.05, 0.1) is 0 Å². The van der Waals surface area contributed by atoms with Gasteiger partial charge < -0.3 is 24.7 Å². The van der Waals surface area contributed by atoms with Gasteiger partial charge in [0.15, 0.2) is 35.4 Å². The Hall–Kier alpha value is -3.33. The molecule has 4 atom stereocenters. The molecule has 1 aliphatic heterocycles. The molecule has 0 saturated carbocycles. The fourth-order valence-electron chi connectivity index (χ4n) is 3.30. The second-order valence-corrected chi connectivity index (χ2v) is 8.89. The number of sulfone groups is 1. The van der Waals surface area contributed by atoms with Gasteiger partial charge in [0.2, 0.25) is 15.0 Å². The Kier molecular flexibility index (Phi) is 6.32. The van der Waals surface area contributed by atoms with Crippen LogP contribution >= 0.6 is 0 Å². The number of hydrogen-bond acceptors (Lipinski definition) is 13. The zero-order chi connectivity index (χ0) is 23.8. The molecule has 0 radical (unpaired) electrons. The van der Waals surface area contributed by atoms with Crippen LogP contribution in [0, 0.1) is 0 Å². The summed E-state index contributed by atoms with van der Waals surface area (Å²) in [6.07, 6.45) is -3.02. The van der Waals surface area contributed by atoms with Crippen LogP contribution in [0.5, 0.6) is 0 Å². The van der Waals surface area contributed by atoms with Gasteiger partial charge in [0.1, 0.15) is 19.0 Å². The van der Waals surface area contributed by atoms with E-state index in [-0.39, 0.29) is 23.6 Å². The molecule has 0 spiro atoms. The van der Waals surface area contributed by atoms with Crippen molar-refractivity contribution < 1.29 is 41.7 Å². The lowest BCUT2D eigenvalue weighted by Gasteiger charge is -2.24. The van der Waals surface area contributed by atoms with Crippen LogP contribution in [0.25, 0.3) is 11.2 Å². The van der Waals surface area contributed by atoms with Crippen molar-refractivity contribution in [3.8, 4) is 0 Å². The molecule has 14 nitrogen and oxygen atoms in total. The molecule has 0 amide bonds. The number of hydrogen-bond donors (Lipinski definition) is 1. The van der Waals surface area contributed by atoms with Crippen LogP contribution in [0.3, 0.4) is 0 Å². The van der Waals surface area contributed by atoms with Gasteiger partial charge in [-0.3, -0.25) is 19.0 Å². The number of ether oxygens (including phenoxy) is 4. The van der Waals surface area contributed by atoms with Crippen LogP contribution in [0.1, 0.15) is 27.0 Å². The van der Waals surface area contributed by atoms with Crippen LogP contribution in [0.4, 0.5) is 5.82 Å². The lowest BCUT2D eigenvalue weighted by Crippen LogP contribution is -2.40. The van der Waals surface area contributed by atoms with Crippen molar-refractivity contribution in [3.63, 3.8) is 0 Å². The number of nitrogens with two attached hydrogens (primary N) is 1. The van der Waals surface area contributed by atoms with E-state index in [1.807, 2.05) is 0 Å². The van der Waals surface area contributed by atoms with Crippen molar-refractivity contribution in [2.75, 3.05) is 18.6 Å². The molecule has 1 aliphatic rings. The van der Waals surface area contributed by atoms with Crippen LogP contribution in [-0.2, 0) is 43.2 Å². The summed E-state index contributed by atoms with van der Waals surface area (Å²) < 4.78 is 47.5. The van der Waals surface area contributed by atoms with Gasteiger partial charge >= 0.3 is 17.9 Å². The number of carbonyl (C=O) groups excluding carboxylic acids is 3. The van der Waals surface area contributed by atoms with Gasteiger partial charge in [-0.25, -0.2) is 23.4 Å². The van der Waals surface area contributed by atoms with E-state index in [1.54, 1.807) is 0 Å². The maximum Gasteiger partial charge on any atom is 0.303 e. The summed E-state index contributed by atoms with van der Waals surface area (Å²) in [5.74, 6) is -2.20. The number of anilines is 1. The summed E-state index contributed by atoms with van der Waals surface area (Å²) in [5, 5.41) is -0.489. The lowest BCUT2D eigenvalue weighted by molar-refractivity contribution is -0.166. The summed E-state index contributed by atoms with van der Waals surface area (Å²) >= 11 is 0. The molecule has 0 unspecified atom stereocenters. The molecule has 2 aromatic heterocycles. The maximum absolute atomic E-state index is 12.5. The molecular formula is C17H21N5O9S. The summed E-state index contributed by atoms with van der Waals surface area (Å²) in [6.45, 7) is 3.05. The average molecular weight is 471 g/mol. The standard InChI is InChI=1S/C17H21N5O9S/c1-7(23)28-5-10-12(29-8(2)24)13(30-9(3)25)16(31-10)22-15-11(14(18)19-6-20-15)21-17(22)32(4,26)27/h6,10,12-13,16H,5H2,1-4H3,(H2,18,19,20)/t10-,12-,13-,16-/m1/s1. The molecule has 174 valence electrons. The number of nitrogen functional groups attached to an aromatic ring is 1. The molecule has 0 aliphatic carbocycles. The molecule has 0 bridgehead atoms. The van der Waals surface area contributed by atoms with Gasteiger partial charge in [-0.1, -0.05) is 0 Å². The monoisotopic (exact) mass is 471 g/mol. The van der Waals surface area contributed by atoms with Crippen LogP contribution < -0.4 is 5.73 Å². The smallest absolute Gasteiger partial charge is 0.303 e. The number of esters is 3. The largest absolute Gasteiger partial charge is 0.463 e. The summed E-state index contributed by atoms with van der Waals surface area (Å²) in [7, 11) is -3.97. The summed E-state index contributed by atoms with van der Waals surface area (Å²) in [5.41, 5.74) is 5.78. The van der Waals surface area contributed by atoms with Crippen LogP contribution in [-0.4, -0.2) is 77.0 Å². The Balaban J connectivity index is 2.20. The first-order chi connectivity index (χ1) is 14.9. The third-order valence-electron chi connectivity index (χ3n) is 4.40. The number of carbonyl (C=O) groups is 3. The zero-order valence-corrected chi connectivity index (χ0v) is 18.4. The van der Waals surface area contributed by atoms with E-state index in [4.69, 9.17) is 24.7 Å². The first kappa shape index (κ1) is 23.3. The molecule has 32 heavy (non-hydrogen) atoms. The molecule has 1 saturated heterocycles. The first-order valence-corrected chi connectivity index (χ1v) is 11.1. The molecule has 3 rings (SSSR count). The van der Waals surface area contributed by atoms with Gasteiger partial charge in [-0.2, -0.15) is 0 Å². The zero-order valence-electron chi connectivity index (χ0n) is 17.5. The van der Waals surface area contributed by atoms with Gasteiger partial charge in [-0.15, -0.1) is 0 Å². The van der Waals surface area contributed by atoms with Gasteiger partial charge in [0.25, 0.3) is 0 Å². The van der Waals surface area contributed by atoms with Crippen LogP contribution in [0.15, 0.2) is 11.5 Å². The maximum atomic E-state index is 12.5. The van der Waals surface area contributed by atoms with Crippen molar-refractivity contribution in [2.45, 2.75) is 50.5 Å². The van der Waals surface area contributed by atoms with E-state index in [2.05, 4.69) is 15.0 Å². The third-order valence-corrected chi connectivity index (χ3v) is 5.35. The highest BCUT2D eigenvalue weighted by atomic mass is 32.2. The van der Waals surface area contributed by atoms with Crippen LogP contribution in [0.2, 0.25) is 0 Å². The SMILES string of the molecule is CC(=O)OC[C@H]1O[C@@H](n2c(S(C)(=O)=O)nc3c(N)ncnc32)[C@H](OC(C)=O)[C@@H]1OC(C)=O. The van der Waals surface area contributed by atoms with Gasteiger partial charge in [0, 0.05) is 27.0 Å². The highest BCUT2D eigenvalue weighted by Gasteiger charge is 2.52. The molecule has 2 aromatic rings. The molecule has 3 heterocycles. The van der Waals surface area contributed by atoms with Gasteiger partial charge in [-0.05, 0) is 0 Å². The second-order valence-electron chi connectivity index (χ2n) is 6.98. The molecule has 0 aromatic carbocycles. The Morgan fingerprint density at radius 3 is 2.28 bits per heavy atom. The summed E-state index contributed by atoms with van der Waals surface area (Å²) in [4.78, 5) is 46.7. The highest BCUT2D eigenvalue weighted by molar-refractivity contribution is 7.90. The van der Waals surface area contributed by atoms with Crippen molar-refractivity contribution in [1.29, 1.82) is 0 Å². The Morgan fingerprint density at radius 1 is 1.09 bits per heavy atom. The number of rotatable bonds is 6. The predicted molar refractivity (Wildman–Crippen MR) is 104 cm³/mol. The minimum atomic E-state index is -3.97. The second kappa shape index (κ2) is 8.66. The normalized spacial score (nSPS) is 23.1. The van der Waals surface area contributed by atoms with E-state index in [0.29, 0.717) is 0 Å². The topological polar surface area (TPSA) is 192 Å². The Bertz CT molecular complexity index is 1180. The fourth-order valence-corrected chi connectivity index (χ4v) is 4.10. The average Bonchev–Trinajstić information content (AvgIpc) is 3.19. The molecule has 15 heteroatoms. The van der Waals surface area contributed by atoms with Crippen molar-refractivity contribution in [2.24, 2.45) is 0 Å². The first-order valence-electron chi connectivity index (χ1n) is 9.22. The highest BCUT2D eigenvalue weighted by Crippen LogP contribution is 2.38. The predicted octanol–water partition coefficient (Wildman–Crippen LogP) is -0.864. The molecular weight excluding hydrogens is 450 g/mol. The van der Waals surface area contributed by atoms with E-state index < -0.39 is 57.4 Å². The number of nitrogens with zero attached hydrogens (tertiary/aromatic N) is 4. The summed E-state index contributed by atoms with van der Waals surface area (Å²) in [6, 6.07) is 0. The minimum Gasteiger partial charge on any atom is -0.463 e. The van der Waals surface area contributed by atoms with E-state index >= 15 is 0 Å². The number of imidazole rings is 1. The van der Waals surface area contributed by atoms with Crippen molar-refractivity contribution >= 4 is 44.7 Å².